The van der Waals surface area contributed by atoms with Crippen molar-refractivity contribution in [2.24, 2.45) is 0 Å². The molecule has 0 aliphatic rings. The number of esters is 1. The second kappa shape index (κ2) is 7.57. The molecule has 1 amide bonds. The molecule has 21 heavy (non-hydrogen) atoms. The van der Waals surface area contributed by atoms with Crippen LogP contribution in [0.4, 0.5) is 5.00 Å². The molecule has 1 N–H and O–H groups in total. The fraction of sp³-hybridized carbons (Fsp3) is 0.214. The molecule has 0 atom stereocenters. The Morgan fingerprint density at radius 3 is 2.90 bits per heavy atom. The van der Waals surface area contributed by atoms with Gasteiger partial charge in [-0.3, -0.25) is 9.59 Å². The molecule has 0 radical (unpaired) electrons. The third-order valence-electron chi connectivity index (χ3n) is 2.60. The van der Waals surface area contributed by atoms with Crippen LogP contribution in [0.5, 0.6) is 0 Å². The summed E-state index contributed by atoms with van der Waals surface area (Å²) in [6.07, 6.45) is 0.847. The monoisotopic (exact) mass is 320 g/mol. The third kappa shape index (κ3) is 4.70. The van der Waals surface area contributed by atoms with E-state index < -0.39 is 11.9 Å². The van der Waals surface area contributed by atoms with Crippen LogP contribution in [0.25, 0.3) is 0 Å². The number of carbonyl (C=O) groups excluding carboxylic acids is 2. The summed E-state index contributed by atoms with van der Waals surface area (Å²) < 4.78 is 4.90. The minimum absolute atomic E-state index is 0.243. The average molecular weight is 320 g/mol. The molecule has 2 rings (SSSR count). The SMILES string of the molecule is N#Cc1ccsc1NC(=O)COC(=O)CCc1ccsc1. The van der Waals surface area contributed by atoms with Crippen molar-refractivity contribution in [3.05, 3.63) is 39.4 Å². The molecule has 0 bridgehead atoms. The highest BCUT2D eigenvalue weighted by molar-refractivity contribution is 7.14. The van der Waals surface area contributed by atoms with Gasteiger partial charge in [0, 0.05) is 6.42 Å². The van der Waals surface area contributed by atoms with Crippen LogP contribution in [0.2, 0.25) is 0 Å². The van der Waals surface area contributed by atoms with E-state index >= 15 is 0 Å². The molecule has 0 spiro atoms. The Morgan fingerprint density at radius 1 is 1.33 bits per heavy atom. The van der Waals surface area contributed by atoms with E-state index in [1.165, 1.54) is 11.3 Å². The zero-order valence-electron chi connectivity index (χ0n) is 11.0. The maximum Gasteiger partial charge on any atom is 0.306 e. The van der Waals surface area contributed by atoms with Gasteiger partial charge in [-0.2, -0.15) is 16.6 Å². The number of hydrogen-bond donors (Lipinski definition) is 1. The second-order valence-electron chi connectivity index (χ2n) is 4.12. The summed E-state index contributed by atoms with van der Waals surface area (Å²) in [5.41, 5.74) is 1.48. The molecule has 2 heterocycles. The Kier molecular flexibility index (Phi) is 5.49. The number of aryl methyl sites for hydroxylation is 1. The summed E-state index contributed by atoms with van der Waals surface area (Å²) >= 11 is 2.83. The molecule has 7 heteroatoms. The first kappa shape index (κ1) is 15.2. The van der Waals surface area contributed by atoms with Crippen LogP contribution in [-0.2, 0) is 20.7 Å². The van der Waals surface area contributed by atoms with Crippen molar-refractivity contribution in [2.45, 2.75) is 12.8 Å². The second-order valence-corrected chi connectivity index (χ2v) is 5.81. The van der Waals surface area contributed by atoms with Crippen LogP contribution in [-0.4, -0.2) is 18.5 Å². The van der Waals surface area contributed by atoms with Gasteiger partial charge in [0.05, 0.1) is 5.56 Å². The minimum Gasteiger partial charge on any atom is -0.456 e. The number of nitrogens with zero attached hydrogens (tertiary/aromatic N) is 1. The van der Waals surface area contributed by atoms with Gasteiger partial charge in [0.25, 0.3) is 5.91 Å². The van der Waals surface area contributed by atoms with Crippen LogP contribution >= 0.6 is 22.7 Å². The number of rotatable bonds is 6. The number of thiophene rings is 2. The van der Waals surface area contributed by atoms with E-state index in [0.717, 1.165) is 5.56 Å². The lowest BCUT2D eigenvalue weighted by atomic mass is 10.2. The van der Waals surface area contributed by atoms with E-state index in [1.807, 2.05) is 22.9 Å². The Bertz CT molecular complexity index is 656. The summed E-state index contributed by atoms with van der Waals surface area (Å²) in [7, 11) is 0. The van der Waals surface area contributed by atoms with Crippen LogP contribution in [0.1, 0.15) is 17.5 Å². The van der Waals surface area contributed by atoms with Crippen molar-refractivity contribution in [1.82, 2.24) is 0 Å². The zero-order valence-corrected chi connectivity index (χ0v) is 12.6. The first-order valence-corrected chi connectivity index (χ1v) is 7.95. The van der Waals surface area contributed by atoms with Crippen molar-refractivity contribution >= 4 is 39.6 Å². The van der Waals surface area contributed by atoms with Gasteiger partial charge in [0.15, 0.2) is 6.61 Å². The van der Waals surface area contributed by atoms with Gasteiger partial charge < -0.3 is 10.1 Å². The maximum absolute atomic E-state index is 11.6. The normalized spacial score (nSPS) is 9.86. The third-order valence-corrected chi connectivity index (χ3v) is 4.16. The summed E-state index contributed by atoms with van der Waals surface area (Å²) in [6, 6.07) is 5.54. The van der Waals surface area contributed by atoms with Gasteiger partial charge >= 0.3 is 5.97 Å². The summed E-state index contributed by atoms with van der Waals surface area (Å²) in [5, 5.41) is 17.5. The molecule has 0 saturated heterocycles. The Labute approximate surface area is 129 Å². The van der Waals surface area contributed by atoms with Crippen molar-refractivity contribution < 1.29 is 14.3 Å². The van der Waals surface area contributed by atoms with E-state index in [-0.39, 0.29) is 13.0 Å². The van der Waals surface area contributed by atoms with Crippen molar-refractivity contribution in [3.63, 3.8) is 0 Å². The lowest BCUT2D eigenvalue weighted by molar-refractivity contribution is -0.147. The minimum atomic E-state index is -0.446. The van der Waals surface area contributed by atoms with Gasteiger partial charge in [0.1, 0.15) is 11.1 Å². The molecule has 0 aromatic carbocycles. The Morgan fingerprint density at radius 2 is 2.19 bits per heavy atom. The topological polar surface area (TPSA) is 79.2 Å². The highest BCUT2D eigenvalue weighted by atomic mass is 32.1. The van der Waals surface area contributed by atoms with Gasteiger partial charge in [-0.1, -0.05) is 0 Å². The molecule has 2 aromatic heterocycles. The molecule has 0 saturated carbocycles. The van der Waals surface area contributed by atoms with Gasteiger partial charge in [-0.15, -0.1) is 11.3 Å². The van der Waals surface area contributed by atoms with Crippen LogP contribution in [0, 0.1) is 11.3 Å². The molecule has 108 valence electrons. The van der Waals surface area contributed by atoms with Crippen LogP contribution < -0.4 is 5.32 Å². The number of nitrogens with one attached hydrogen (secondary N) is 1. The van der Waals surface area contributed by atoms with Crippen molar-refractivity contribution in [3.8, 4) is 6.07 Å². The molecule has 0 aliphatic carbocycles. The molecular formula is C14H12N2O3S2. The van der Waals surface area contributed by atoms with Gasteiger partial charge in [-0.05, 0) is 40.3 Å². The van der Waals surface area contributed by atoms with E-state index in [4.69, 9.17) is 10.00 Å². The summed E-state index contributed by atoms with van der Waals surface area (Å²) in [6.45, 7) is -0.342. The van der Waals surface area contributed by atoms with Crippen molar-refractivity contribution in [1.29, 1.82) is 5.26 Å². The first-order chi connectivity index (χ1) is 10.2. The molecule has 5 nitrogen and oxygen atoms in total. The number of hydrogen-bond acceptors (Lipinski definition) is 6. The highest BCUT2D eigenvalue weighted by Crippen LogP contribution is 2.21. The summed E-state index contributed by atoms with van der Waals surface area (Å²) in [4.78, 5) is 23.1. The number of amides is 1. The number of ether oxygens (including phenoxy) is 1. The molecular weight excluding hydrogens is 308 g/mol. The lowest BCUT2D eigenvalue weighted by Crippen LogP contribution is -2.20. The molecule has 0 unspecified atom stereocenters. The zero-order chi connectivity index (χ0) is 15.1. The standard InChI is InChI=1S/C14H12N2O3S2/c15-7-11-4-6-21-14(11)16-12(17)8-19-13(18)2-1-10-3-5-20-9-10/h3-6,9H,1-2,8H2,(H,16,17). The van der Waals surface area contributed by atoms with E-state index in [9.17, 15) is 9.59 Å². The number of carbonyl (C=O) groups is 2. The fourth-order valence-electron chi connectivity index (χ4n) is 1.56. The van der Waals surface area contributed by atoms with E-state index in [2.05, 4.69) is 5.32 Å². The van der Waals surface area contributed by atoms with Gasteiger partial charge in [-0.25, -0.2) is 0 Å². The quantitative estimate of drug-likeness (QED) is 0.830. The molecule has 2 aromatic rings. The Hall–Kier alpha value is -2.17. The van der Waals surface area contributed by atoms with E-state index in [1.54, 1.807) is 22.8 Å². The first-order valence-electron chi connectivity index (χ1n) is 6.13. The van der Waals surface area contributed by atoms with Crippen LogP contribution in [0.3, 0.4) is 0 Å². The molecule has 0 fully saturated rings. The van der Waals surface area contributed by atoms with E-state index in [0.29, 0.717) is 17.0 Å². The predicted molar refractivity (Wildman–Crippen MR) is 81.3 cm³/mol. The fourth-order valence-corrected chi connectivity index (χ4v) is 3.01. The Balaban J connectivity index is 1.71. The van der Waals surface area contributed by atoms with Crippen molar-refractivity contribution in [2.75, 3.05) is 11.9 Å². The predicted octanol–water partition coefficient (Wildman–Crippen LogP) is 2.80. The number of nitriles is 1. The number of anilines is 1. The average Bonchev–Trinajstić information content (AvgIpc) is 3.14. The maximum atomic E-state index is 11.6. The summed E-state index contributed by atoms with van der Waals surface area (Å²) in [5.74, 6) is -0.860. The lowest BCUT2D eigenvalue weighted by Gasteiger charge is -2.05. The molecule has 0 aliphatic heterocycles. The largest absolute Gasteiger partial charge is 0.456 e. The van der Waals surface area contributed by atoms with Crippen LogP contribution in [0.15, 0.2) is 28.3 Å². The smallest absolute Gasteiger partial charge is 0.306 e. The highest BCUT2D eigenvalue weighted by Gasteiger charge is 2.11. The van der Waals surface area contributed by atoms with Gasteiger partial charge in [0.2, 0.25) is 0 Å².